The molecule has 0 radical (unpaired) electrons. The number of sulfonamides is 1. The molecule has 0 amide bonds. The number of hydrogen-bond donors (Lipinski definition) is 2. The molecule has 0 aliphatic heterocycles. The first-order valence-electron chi connectivity index (χ1n) is 10.6. The maximum atomic E-state index is 12.4. The lowest BCUT2D eigenvalue weighted by atomic mass is 9.94. The molecule has 0 bridgehead atoms. The zero-order valence-corrected chi connectivity index (χ0v) is 20.0. The molecule has 1 aromatic carbocycles. The van der Waals surface area contributed by atoms with Crippen molar-refractivity contribution in [3.05, 3.63) is 76.3 Å². The number of hydrogen-bond acceptors (Lipinski definition) is 3. The second kappa shape index (κ2) is 10.0. The lowest BCUT2D eigenvalue weighted by Crippen LogP contribution is -2.25. The maximum absolute atomic E-state index is 12.4. The summed E-state index contributed by atoms with van der Waals surface area (Å²) in [6, 6.07) is 15.7. The molecule has 0 fully saturated rings. The van der Waals surface area contributed by atoms with Gasteiger partial charge in [-0.1, -0.05) is 56.6 Å². The summed E-state index contributed by atoms with van der Waals surface area (Å²) >= 11 is 5.82. The van der Waals surface area contributed by atoms with E-state index < -0.39 is 16.0 Å². The predicted octanol–water partition coefficient (Wildman–Crippen LogP) is 6.13. The molecule has 2 aliphatic carbocycles. The zero-order valence-electron chi connectivity index (χ0n) is 18.4. The van der Waals surface area contributed by atoms with Gasteiger partial charge in [0.1, 0.15) is 0 Å². The Hall–Kier alpha value is -2.41. The zero-order chi connectivity index (χ0) is 23.5. The van der Waals surface area contributed by atoms with Crippen molar-refractivity contribution in [3.63, 3.8) is 0 Å². The van der Waals surface area contributed by atoms with Gasteiger partial charge in [-0.15, -0.1) is 0 Å². The highest BCUT2D eigenvalue weighted by Gasteiger charge is 2.23. The molecule has 5 nitrogen and oxygen atoms in total. The van der Waals surface area contributed by atoms with Gasteiger partial charge in [0.25, 0.3) is 0 Å². The van der Waals surface area contributed by atoms with E-state index in [1.165, 1.54) is 12.1 Å². The molecular formula is C25H28ClNO4S. The number of carbonyl (C=O) groups is 1. The van der Waals surface area contributed by atoms with Crippen molar-refractivity contribution in [3.8, 4) is 11.1 Å². The van der Waals surface area contributed by atoms with E-state index in [0.29, 0.717) is 29.5 Å². The van der Waals surface area contributed by atoms with Crippen LogP contribution in [-0.2, 0) is 10.0 Å². The van der Waals surface area contributed by atoms with E-state index >= 15 is 0 Å². The summed E-state index contributed by atoms with van der Waals surface area (Å²) < 4.78 is 27.4. The van der Waals surface area contributed by atoms with Crippen molar-refractivity contribution in [1.82, 2.24) is 4.72 Å². The minimum atomic E-state index is -3.59. The van der Waals surface area contributed by atoms with Crippen molar-refractivity contribution in [2.75, 3.05) is 6.54 Å². The van der Waals surface area contributed by atoms with Gasteiger partial charge in [0.05, 0.1) is 10.5 Å². The lowest BCUT2D eigenvalue weighted by molar-refractivity contribution is 0.0698. The number of halogens is 1. The first-order chi connectivity index (χ1) is 15.1. The number of aromatic carboxylic acids is 1. The van der Waals surface area contributed by atoms with Gasteiger partial charge in [-0.05, 0) is 77.3 Å². The van der Waals surface area contributed by atoms with Crippen molar-refractivity contribution >= 4 is 27.6 Å². The molecule has 7 heteroatoms. The molecule has 0 aromatic heterocycles. The Balaban J connectivity index is 1.72. The summed E-state index contributed by atoms with van der Waals surface area (Å²) in [6.07, 6.45) is 1.34. The third-order valence-corrected chi connectivity index (χ3v) is 7.46. The van der Waals surface area contributed by atoms with Crippen LogP contribution in [0, 0.1) is 0 Å². The first kappa shape index (κ1) is 24.2. The minimum Gasteiger partial charge on any atom is -0.478 e. The Morgan fingerprint density at radius 3 is 2.22 bits per heavy atom. The Labute approximate surface area is 194 Å². The van der Waals surface area contributed by atoms with E-state index in [9.17, 15) is 18.3 Å². The second-order valence-corrected chi connectivity index (χ2v) is 10.6. The van der Waals surface area contributed by atoms with Crippen LogP contribution in [0.5, 0.6) is 0 Å². The van der Waals surface area contributed by atoms with Crippen molar-refractivity contribution < 1.29 is 18.3 Å². The predicted molar refractivity (Wildman–Crippen MR) is 128 cm³/mol. The lowest BCUT2D eigenvalue weighted by Gasteiger charge is -2.13. The molecular weight excluding hydrogens is 446 g/mol. The fourth-order valence-corrected chi connectivity index (χ4v) is 5.03. The van der Waals surface area contributed by atoms with Gasteiger partial charge in [-0.3, -0.25) is 0 Å². The van der Waals surface area contributed by atoms with Crippen LogP contribution in [0.4, 0.5) is 0 Å². The fourth-order valence-electron chi connectivity index (χ4n) is 3.83. The monoisotopic (exact) mass is 473 g/mol. The van der Waals surface area contributed by atoms with E-state index in [2.05, 4.69) is 24.6 Å². The number of rotatable bonds is 9. The van der Waals surface area contributed by atoms with Gasteiger partial charge in [0, 0.05) is 11.6 Å². The van der Waals surface area contributed by atoms with Crippen LogP contribution in [0.3, 0.4) is 0 Å². The van der Waals surface area contributed by atoms with E-state index in [1.54, 1.807) is 18.2 Å². The molecule has 1 atom stereocenters. The molecule has 2 N–H and O–H groups in total. The molecule has 0 saturated carbocycles. The summed E-state index contributed by atoms with van der Waals surface area (Å²) in [5, 5.41) is 10.2. The van der Waals surface area contributed by atoms with Gasteiger partial charge < -0.3 is 5.11 Å². The quantitative estimate of drug-likeness (QED) is 0.366. The molecule has 2 aliphatic rings. The van der Waals surface area contributed by atoms with Gasteiger partial charge >= 0.3 is 5.97 Å². The summed E-state index contributed by atoms with van der Waals surface area (Å²) in [5.74, 6) is -0.522. The maximum Gasteiger partial charge on any atom is 0.336 e. The van der Waals surface area contributed by atoms with Crippen molar-refractivity contribution in [2.24, 2.45) is 0 Å². The molecule has 0 spiro atoms. The highest BCUT2D eigenvalue weighted by Crippen LogP contribution is 2.38. The SMILES string of the molecule is CC(C)c1ccc2c(C(=O)O)cc(C(C)CCCNS(=O)(=O)c3ccc(Cl)cc3)c-2cc1. The average molecular weight is 474 g/mol. The van der Waals surface area contributed by atoms with Crippen LogP contribution in [-0.4, -0.2) is 26.0 Å². The number of nitrogens with one attached hydrogen (secondary N) is 1. The average Bonchev–Trinajstić information content (AvgIpc) is 2.96. The molecule has 3 rings (SSSR count). The standard InChI is InChI=1S/C25H28ClNO4S/c1-16(2)18-6-12-21-22(13-7-18)24(25(28)29)15-23(21)17(3)5-4-14-27-32(30,31)20-10-8-19(26)9-11-20/h6-13,15-17,27H,4-5,14H2,1-3H3,(H,28,29). The molecule has 32 heavy (non-hydrogen) atoms. The van der Waals surface area contributed by atoms with Crippen LogP contribution in [0.15, 0.2) is 59.5 Å². The summed E-state index contributed by atoms with van der Waals surface area (Å²) in [4.78, 5) is 12.0. The smallest absolute Gasteiger partial charge is 0.336 e. The molecule has 1 unspecified atom stereocenters. The Kier molecular flexibility index (Phi) is 7.59. The normalized spacial score (nSPS) is 12.9. The van der Waals surface area contributed by atoms with Crippen LogP contribution >= 0.6 is 11.6 Å². The van der Waals surface area contributed by atoms with Gasteiger partial charge in [0.2, 0.25) is 10.0 Å². The Morgan fingerprint density at radius 2 is 1.62 bits per heavy atom. The second-order valence-electron chi connectivity index (χ2n) is 8.36. The molecule has 170 valence electrons. The molecule has 0 heterocycles. The highest BCUT2D eigenvalue weighted by atomic mass is 35.5. The van der Waals surface area contributed by atoms with Crippen LogP contribution in [0.2, 0.25) is 5.02 Å². The summed E-state index contributed by atoms with van der Waals surface area (Å²) in [5.41, 5.74) is 4.09. The Bertz CT molecular complexity index is 1170. The molecule has 1 aromatic rings. The van der Waals surface area contributed by atoms with Gasteiger partial charge in [-0.2, -0.15) is 0 Å². The van der Waals surface area contributed by atoms with Gasteiger partial charge in [0.15, 0.2) is 0 Å². The van der Waals surface area contributed by atoms with E-state index in [1.807, 2.05) is 25.1 Å². The largest absolute Gasteiger partial charge is 0.478 e. The first-order valence-corrected chi connectivity index (χ1v) is 12.5. The van der Waals surface area contributed by atoms with Crippen molar-refractivity contribution in [2.45, 2.75) is 50.3 Å². The molecule has 0 saturated heterocycles. The highest BCUT2D eigenvalue weighted by molar-refractivity contribution is 7.89. The van der Waals surface area contributed by atoms with Crippen LogP contribution < -0.4 is 4.72 Å². The van der Waals surface area contributed by atoms with E-state index in [-0.39, 0.29) is 10.8 Å². The number of benzene rings is 1. The van der Waals surface area contributed by atoms with Crippen molar-refractivity contribution in [1.29, 1.82) is 0 Å². The van der Waals surface area contributed by atoms with Gasteiger partial charge in [-0.25, -0.2) is 17.9 Å². The number of fused-ring (bicyclic) bond motifs is 1. The Morgan fingerprint density at radius 1 is 1.00 bits per heavy atom. The fraction of sp³-hybridized carbons (Fsp3) is 0.320. The number of carboxylic acids is 1. The number of carboxylic acid groups (broad SMARTS) is 1. The topological polar surface area (TPSA) is 83.5 Å². The van der Waals surface area contributed by atoms with E-state index in [0.717, 1.165) is 28.7 Å². The third-order valence-electron chi connectivity index (χ3n) is 5.73. The minimum absolute atomic E-state index is 0.0792. The summed E-state index contributed by atoms with van der Waals surface area (Å²) in [7, 11) is -3.59. The summed E-state index contributed by atoms with van der Waals surface area (Å²) in [6.45, 7) is 6.55. The van der Waals surface area contributed by atoms with Crippen LogP contribution in [0.25, 0.3) is 11.1 Å². The third kappa shape index (κ3) is 5.49. The van der Waals surface area contributed by atoms with E-state index in [4.69, 9.17) is 11.6 Å². The van der Waals surface area contributed by atoms with Crippen LogP contribution in [0.1, 0.15) is 66.9 Å².